The van der Waals surface area contributed by atoms with Crippen molar-refractivity contribution >= 4 is 12.4 Å². The molecule has 0 aromatic rings. The monoisotopic (exact) mass is 135 g/mol. The van der Waals surface area contributed by atoms with Crippen LogP contribution in [0.5, 0.6) is 0 Å². The molecule has 8 heavy (non-hydrogen) atoms. The van der Waals surface area contributed by atoms with Crippen LogP contribution in [0.2, 0.25) is 0 Å². The average Bonchev–Trinajstić information content (AvgIpc) is 1.87. The van der Waals surface area contributed by atoms with Crippen LogP contribution < -0.4 is 5.32 Å². The largest absolute Gasteiger partial charge is 0.314 e. The Morgan fingerprint density at radius 3 is 2.12 bits per heavy atom. The highest BCUT2D eigenvalue weighted by Crippen LogP contribution is 2.10. The molecule has 1 nitrogen and oxygen atoms in total. The summed E-state index contributed by atoms with van der Waals surface area (Å²) >= 11 is 0. The highest BCUT2D eigenvalue weighted by Gasteiger charge is 2.14. The molecule has 0 unspecified atom stereocenters. The average molecular weight is 136 g/mol. The minimum atomic E-state index is 0. The fourth-order valence-corrected chi connectivity index (χ4v) is 1.17. The van der Waals surface area contributed by atoms with Crippen molar-refractivity contribution in [3.8, 4) is 0 Å². The first kappa shape index (κ1) is 8.25. The van der Waals surface area contributed by atoms with Crippen LogP contribution in [0.4, 0.5) is 0 Å². The Kier molecular flexibility index (Phi) is 3.41. The lowest BCUT2D eigenvalue weighted by Crippen LogP contribution is -2.16. The van der Waals surface area contributed by atoms with Crippen LogP contribution in [-0.4, -0.2) is 12.6 Å². The summed E-state index contributed by atoms with van der Waals surface area (Å²) in [6.45, 7) is 5.75. The number of halogens is 1. The van der Waals surface area contributed by atoms with Crippen molar-refractivity contribution in [3.63, 3.8) is 0 Å². The van der Waals surface area contributed by atoms with Gasteiger partial charge in [-0.1, -0.05) is 6.92 Å². The summed E-state index contributed by atoms with van der Waals surface area (Å²) < 4.78 is 0. The third-order valence-electron chi connectivity index (χ3n) is 1.57. The topological polar surface area (TPSA) is 12.0 Å². The SMILES string of the molecule is C[C@@H]1CN[C@@H](C)C1.Cl. The minimum absolute atomic E-state index is 0. The lowest BCUT2D eigenvalue weighted by molar-refractivity contribution is 0.622. The molecule has 2 heteroatoms. The van der Waals surface area contributed by atoms with Gasteiger partial charge < -0.3 is 5.32 Å². The molecule has 0 aromatic carbocycles. The van der Waals surface area contributed by atoms with E-state index in [0.717, 1.165) is 12.0 Å². The van der Waals surface area contributed by atoms with Crippen molar-refractivity contribution in [1.29, 1.82) is 0 Å². The van der Waals surface area contributed by atoms with Gasteiger partial charge in [-0.05, 0) is 25.8 Å². The number of rotatable bonds is 0. The van der Waals surface area contributed by atoms with E-state index in [-0.39, 0.29) is 12.4 Å². The second kappa shape index (κ2) is 3.31. The molecule has 0 spiro atoms. The molecule has 0 amide bonds. The molecule has 0 aromatic heterocycles. The Balaban J connectivity index is 0.000000490. The minimum Gasteiger partial charge on any atom is -0.314 e. The highest BCUT2D eigenvalue weighted by atomic mass is 35.5. The van der Waals surface area contributed by atoms with Crippen molar-refractivity contribution in [2.45, 2.75) is 26.3 Å². The van der Waals surface area contributed by atoms with E-state index in [9.17, 15) is 0 Å². The van der Waals surface area contributed by atoms with Gasteiger partial charge in [0.1, 0.15) is 0 Å². The van der Waals surface area contributed by atoms with E-state index in [2.05, 4.69) is 19.2 Å². The zero-order valence-electron chi connectivity index (χ0n) is 5.48. The van der Waals surface area contributed by atoms with Crippen molar-refractivity contribution in [2.75, 3.05) is 6.54 Å². The fourth-order valence-electron chi connectivity index (χ4n) is 1.17. The molecule has 1 rings (SSSR count). The van der Waals surface area contributed by atoms with Gasteiger partial charge in [0.05, 0.1) is 0 Å². The van der Waals surface area contributed by atoms with Gasteiger partial charge in [-0.15, -0.1) is 12.4 Å². The second-order valence-corrected chi connectivity index (χ2v) is 2.65. The summed E-state index contributed by atoms with van der Waals surface area (Å²) in [4.78, 5) is 0. The maximum Gasteiger partial charge on any atom is 0.00418 e. The predicted molar refractivity (Wildman–Crippen MR) is 38.5 cm³/mol. The van der Waals surface area contributed by atoms with Gasteiger partial charge in [-0.25, -0.2) is 0 Å². The standard InChI is InChI=1S/C6H13N.ClH/c1-5-3-6(2)7-4-5;/h5-7H,3-4H2,1-2H3;1H/t5-,6-;/m0./s1. The Morgan fingerprint density at radius 2 is 2.00 bits per heavy atom. The van der Waals surface area contributed by atoms with Crippen LogP contribution in [0.25, 0.3) is 0 Å². The summed E-state index contributed by atoms with van der Waals surface area (Å²) in [7, 11) is 0. The summed E-state index contributed by atoms with van der Waals surface area (Å²) in [6.07, 6.45) is 1.36. The van der Waals surface area contributed by atoms with Crippen LogP contribution in [0.1, 0.15) is 20.3 Å². The molecule has 0 aliphatic carbocycles. The molecule has 0 radical (unpaired) electrons. The van der Waals surface area contributed by atoms with E-state index in [1.165, 1.54) is 13.0 Å². The van der Waals surface area contributed by atoms with E-state index in [4.69, 9.17) is 0 Å². The molecule has 0 bridgehead atoms. The number of hydrogen-bond acceptors (Lipinski definition) is 1. The third kappa shape index (κ3) is 2.01. The number of hydrogen-bond donors (Lipinski definition) is 1. The molecule has 1 fully saturated rings. The summed E-state index contributed by atoms with van der Waals surface area (Å²) in [5.74, 6) is 0.912. The maximum absolute atomic E-state index is 3.37. The molecule has 1 N–H and O–H groups in total. The van der Waals surface area contributed by atoms with Gasteiger partial charge in [-0.2, -0.15) is 0 Å². The molecule has 0 saturated carbocycles. The van der Waals surface area contributed by atoms with Crippen molar-refractivity contribution in [2.24, 2.45) is 5.92 Å². The quantitative estimate of drug-likeness (QED) is 0.530. The molecule has 1 aliphatic heterocycles. The molecule has 1 saturated heterocycles. The van der Waals surface area contributed by atoms with Crippen molar-refractivity contribution in [1.82, 2.24) is 5.32 Å². The van der Waals surface area contributed by atoms with Crippen LogP contribution in [0.3, 0.4) is 0 Å². The Morgan fingerprint density at radius 1 is 1.38 bits per heavy atom. The van der Waals surface area contributed by atoms with Crippen LogP contribution in [0.15, 0.2) is 0 Å². The predicted octanol–water partition coefficient (Wildman–Crippen LogP) is 1.43. The molecule has 2 atom stereocenters. The zero-order valence-corrected chi connectivity index (χ0v) is 6.29. The summed E-state index contributed by atoms with van der Waals surface area (Å²) in [5, 5.41) is 3.37. The van der Waals surface area contributed by atoms with Gasteiger partial charge in [0.2, 0.25) is 0 Å². The molecule has 1 aliphatic rings. The van der Waals surface area contributed by atoms with E-state index in [1.807, 2.05) is 0 Å². The van der Waals surface area contributed by atoms with Gasteiger partial charge >= 0.3 is 0 Å². The Labute approximate surface area is 57.3 Å². The van der Waals surface area contributed by atoms with Crippen molar-refractivity contribution in [3.05, 3.63) is 0 Å². The van der Waals surface area contributed by atoms with Gasteiger partial charge in [0.15, 0.2) is 0 Å². The van der Waals surface area contributed by atoms with Crippen molar-refractivity contribution < 1.29 is 0 Å². The normalized spacial score (nSPS) is 36.8. The highest BCUT2D eigenvalue weighted by molar-refractivity contribution is 5.85. The second-order valence-electron chi connectivity index (χ2n) is 2.65. The first-order chi connectivity index (χ1) is 3.29. The zero-order chi connectivity index (χ0) is 5.28. The van der Waals surface area contributed by atoms with Gasteiger partial charge in [0.25, 0.3) is 0 Å². The van der Waals surface area contributed by atoms with E-state index in [1.54, 1.807) is 0 Å². The van der Waals surface area contributed by atoms with E-state index >= 15 is 0 Å². The van der Waals surface area contributed by atoms with Crippen LogP contribution in [0, 0.1) is 5.92 Å². The molecular weight excluding hydrogens is 122 g/mol. The Bertz CT molecular complexity index is 57.5. The Hall–Kier alpha value is 0.250. The molecular formula is C6H14ClN. The fraction of sp³-hybridized carbons (Fsp3) is 1.00. The van der Waals surface area contributed by atoms with Gasteiger partial charge in [0, 0.05) is 6.04 Å². The van der Waals surface area contributed by atoms with Crippen LogP contribution >= 0.6 is 12.4 Å². The molecule has 1 heterocycles. The van der Waals surface area contributed by atoms with Crippen LogP contribution in [-0.2, 0) is 0 Å². The summed E-state index contributed by atoms with van der Waals surface area (Å²) in [5.41, 5.74) is 0. The summed E-state index contributed by atoms with van der Waals surface area (Å²) in [6, 6.07) is 0.773. The third-order valence-corrected chi connectivity index (χ3v) is 1.57. The first-order valence-corrected chi connectivity index (χ1v) is 3.02. The smallest absolute Gasteiger partial charge is 0.00418 e. The lowest BCUT2D eigenvalue weighted by Gasteiger charge is -1.96. The molecule has 50 valence electrons. The van der Waals surface area contributed by atoms with Gasteiger partial charge in [-0.3, -0.25) is 0 Å². The first-order valence-electron chi connectivity index (χ1n) is 3.02. The maximum atomic E-state index is 3.37. The van der Waals surface area contributed by atoms with E-state index in [0.29, 0.717) is 0 Å². The lowest BCUT2D eigenvalue weighted by atomic mass is 10.1. The van der Waals surface area contributed by atoms with E-state index < -0.39 is 0 Å². The number of nitrogens with one attached hydrogen (secondary N) is 1.